The van der Waals surface area contributed by atoms with Gasteiger partial charge in [-0.25, -0.2) is 4.79 Å². The lowest BCUT2D eigenvalue weighted by molar-refractivity contribution is -0.161. The molecule has 0 radical (unpaired) electrons. The third-order valence-corrected chi connectivity index (χ3v) is 8.83. The average molecular weight is 600 g/mol. The van der Waals surface area contributed by atoms with E-state index in [-0.39, 0.29) is 12.0 Å². The van der Waals surface area contributed by atoms with Crippen molar-refractivity contribution in [2.24, 2.45) is 10.8 Å². The van der Waals surface area contributed by atoms with Gasteiger partial charge in [-0.2, -0.15) is 0 Å². The van der Waals surface area contributed by atoms with Gasteiger partial charge in [-0.15, -0.1) is 11.8 Å². The van der Waals surface area contributed by atoms with Crippen LogP contribution < -0.4 is 5.32 Å². The van der Waals surface area contributed by atoms with E-state index in [1.807, 2.05) is 37.3 Å². The first-order chi connectivity index (χ1) is 18.7. The summed E-state index contributed by atoms with van der Waals surface area (Å²) in [5.41, 5.74) is -0.724. The van der Waals surface area contributed by atoms with E-state index in [0.29, 0.717) is 17.1 Å². The predicted octanol–water partition coefficient (Wildman–Crippen LogP) is 6.11. The van der Waals surface area contributed by atoms with Crippen molar-refractivity contribution in [3.63, 3.8) is 0 Å². The molecule has 1 aliphatic heterocycles. The predicted molar refractivity (Wildman–Crippen MR) is 153 cm³/mol. The molecule has 0 aromatic heterocycles. The van der Waals surface area contributed by atoms with E-state index in [2.05, 4.69) is 5.32 Å². The van der Waals surface area contributed by atoms with E-state index in [9.17, 15) is 18.9 Å². The number of thioether (sulfide) groups is 1. The minimum Gasteiger partial charge on any atom is -0.459 e. The minimum atomic E-state index is -4.28. The maximum absolute atomic E-state index is 14.2. The van der Waals surface area contributed by atoms with Crippen LogP contribution in [0.5, 0.6) is 0 Å². The summed E-state index contributed by atoms with van der Waals surface area (Å²) in [5, 5.41) is 3.02. The van der Waals surface area contributed by atoms with Crippen LogP contribution in [-0.4, -0.2) is 43.3 Å². The fourth-order valence-corrected chi connectivity index (χ4v) is 6.20. The summed E-state index contributed by atoms with van der Waals surface area (Å²) in [6.45, 7) is 10.8. The van der Waals surface area contributed by atoms with Crippen LogP contribution >= 0.6 is 19.4 Å². The van der Waals surface area contributed by atoms with Gasteiger partial charge in [0.1, 0.15) is 18.1 Å². The zero-order chi connectivity index (χ0) is 30.0. The summed E-state index contributed by atoms with van der Waals surface area (Å²) >= 11 is 1.35. The molecule has 0 saturated carbocycles. The summed E-state index contributed by atoms with van der Waals surface area (Å²) in [6, 6.07) is 8.42. The monoisotopic (exact) mass is 599 g/mol. The molecule has 10 nitrogen and oxygen atoms in total. The summed E-state index contributed by atoms with van der Waals surface area (Å²) in [5.74, 6) is -1.32. The van der Waals surface area contributed by atoms with Crippen molar-refractivity contribution < 1.29 is 42.2 Å². The number of hydrogen-bond donors (Lipinski definition) is 1. The van der Waals surface area contributed by atoms with E-state index in [4.69, 9.17) is 23.3 Å². The Labute approximate surface area is 241 Å². The van der Waals surface area contributed by atoms with Crippen molar-refractivity contribution in [3.8, 4) is 0 Å². The molecule has 1 atom stereocenters. The SMILES string of the molecule is CCCCC1=C(P(=O)(OCOC(=O)C(C)(C)C)OCOC(=O)C(C)(C)C)N[C@H](C(=O)OCc2ccccc2)CS1. The lowest BCUT2D eigenvalue weighted by atomic mass is 9.98. The Morgan fingerprint density at radius 3 is 1.98 bits per heavy atom. The van der Waals surface area contributed by atoms with E-state index in [0.717, 1.165) is 18.4 Å². The molecule has 1 N–H and O–H groups in total. The number of nitrogens with one attached hydrogen (secondary N) is 1. The molecule has 0 fully saturated rings. The van der Waals surface area contributed by atoms with Gasteiger partial charge in [0.25, 0.3) is 0 Å². The Morgan fingerprint density at radius 1 is 0.925 bits per heavy atom. The summed E-state index contributed by atoms with van der Waals surface area (Å²) in [6.07, 6.45) is 2.21. The normalized spacial score (nSPS) is 16.2. The molecule has 0 spiro atoms. The Morgan fingerprint density at radius 2 is 1.48 bits per heavy atom. The third-order valence-electron chi connectivity index (χ3n) is 5.59. The zero-order valence-electron chi connectivity index (χ0n) is 24.4. The largest absolute Gasteiger partial charge is 0.459 e. The van der Waals surface area contributed by atoms with E-state index in [1.54, 1.807) is 41.5 Å². The Bertz CT molecular complexity index is 1060. The van der Waals surface area contributed by atoms with E-state index < -0.39 is 56.0 Å². The van der Waals surface area contributed by atoms with Crippen LogP contribution in [-0.2, 0) is 48.8 Å². The first kappa shape index (κ1) is 33.9. The van der Waals surface area contributed by atoms with Gasteiger partial charge in [0.2, 0.25) is 13.6 Å². The molecule has 0 saturated heterocycles. The zero-order valence-corrected chi connectivity index (χ0v) is 26.2. The van der Waals surface area contributed by atoms with Gasteiger partial charge >= 0.3 is 25.5 Å². The molecule has 12 heteroatoms. The fraction of sp³-hybridized carbons (Fsp3) is 0.607. The summed E-state index contributed by atoms with van der Waals surface area (Å²) in [7, 11) is -4.28. The van der Waals surface area contributed by atoms with Crippen LogP contribution in [0.4, 0.5) is 0 Å². The van der Waals surface area contributed by atoms with Gasteiger partial charge in [-0.3, -0.25) is 23.2 Å². The van der Waals surface area contributed by atoms with Gasteiger partial charge in [-0.05, 0) is 59.9 Å². The quantitative estimate of drug-likeness (QED) is 0.122. The van der Waals surface area contributed by atoms with Gasteiger partial charge in [0, 0.05) is 10.7 Å². The average Bonchev–Trinajstić information content (AvgIpc) is 2.89. The molecule has 1 heterocycles. The molecule has 2 rings (SSSR count). The Kier molecular flexibility index (Phi) is 12.7. The Hall–Kier alpha value is -2.33. The standard InChI is InChI=1S/C28H42NO9PS/c1-8-9-15-22-23(29-21(17-40-22)24(30)34-16-20-13-11-10-12-14-20)39(33,37-18-35-25(31)27(2,3)4)38-19-36-26(32)28(5,6)7/h10-14,21,29H,8-9,15-19H2,1-7H3/t21-/m0/s1. The Balaban J connectivity index is 2.28. The van der Waals surface area contributed by atoms with Crippen molar-refractivity contribution >= 4 is 37.3 Å². The first-order valence-corrected chi connectivity index (χ1v) is 15.8. The van der Waals surface area contributed by atoms with Gasteiger partial charge in [-0.1, -0.05) is 43.7 Å². The second kappa shape index (κ2) is 15.1. The lowest BCUT2D eigenvalue weighted by Crippen LogP contribution is -2.42. The van der Waals surface area contributed by atoms with E-state index >= 15 is 0 Å². The highest BCUT2D eigenvalue weighted by atomic mass is 32.2. The fourth-order valence-electron chi connectivity index (χ4n) is 3.15. The molecule has 0 aliphatic carbocycles. The van der Waals surface area contributed by atoms with Crippen LogP contribution in [0, 0.1) is 10.8 Å². The smallest absolute Gasteiger partial charge is 0.383 e. The number of carbonyl (C=O) groups is 3. The highest BCUT2D eigenvalue weighted by Crippen LogP contribution is 2.59. The number of allylic oxidation sites excluding steroid dienone is 1. The highest BCUT2D eigenvalue weighted by Gasteiger charge is 2.41. The molecule has 0 unspecified atom stereocenters. The van der Waals surface area contributed by atoms with Gasteiger partial charge < -0.3 is 19.5 Å². The van der Waals surface area contributed by atoms with Gasteiger partial charge in [0.05, 0.1) is 10.8 Å². The van der Waals surface area contributed by atoms with Crippen molar-refractivity contribution in [3.05, 3.63) is 46.2 Å². The minimum absolute atomic E-state index is 0.0671. The molecule has 0 amide bonds. The van der Waals surface area contributed by atoms with Crippen LogP contribution in [0.15, 0.2) is 40.7 Å². The van der Waals surface area contributed by atoms with Crippen LogP contribution in [0.25, 0.3) is 0 Å². The van der Waals surface area contributed by atoms with Crippen molar-refractivity contribution in [1.29, 1.82) is 0 Å². The van der Waals surface area contributed by atoms with Crippen molar-refractivity contribution in [1.82, 2.24) is 5.32 Å². The molecule has 1 aliphatic rings. The number of unbranched alkanes of at least 4 members (excludes halogenated alkanes) is 1. The molecule has 1 aromatic rings. The number of rotatable bonds is 13. The summed E-state index contributed by atoms with van der Waals surface area (Å²) in [4.78, 5) is 38.2. The van der Waals surface area contributed by atoms with Crippen LogP contribution in [0.2, 0.25) is 0 Å². The highest BCUT2D eigenvalue weighted by molar-refractivity contribution is 8.03. The van der Waals surface area contributed by atoms with Crippen LogP contribution in [0.1, 0.15) is 73.3 Å². The topological polar surface area (TPSA) is 126 Å². The molecule has 224 valence electrons. The second-order valence-electron chi connectivity index (χ2n) is 11.3. The third kappa shape index (κ3) is 10.6. The first-order valence-electron chi connectivity index (χ1n) is 13.2. The van der Waals surface area contributed by atoms with Gasteiger partial charge in [0.15, 0.2) is 0 Å². The maximum Gasteiger partial charge on any atom is 0.383 e. The number of hydrogen-bond acceptors (Lipinski definition) is 11. The molecular weight excluding hydrogens is 557 g/mol. The molecule has 40 heavy (non-hydrogen) atoms. The number of benzene rings is 1. The number of ether oxygens (including phenoxy) is 3. The van der Waals surface area contributed by atoms with E-state index in [1.165, 1.54) is 11.8 Å². The molecule has 0 bridgehead atoms. The molecule has 1 aromatic carbocycles. The van der Waals surface area contributed by atoms with Crippen LogP contribution in [0.3, 0.4) is 0 Å². The molecular formula is C28H42NO9PS. The maximum atomic E-state index is 14.2. The summed E-state index contributed by atoms with van der Waals surface area (Å²) < 4.78 is 41.3. The number of esters is 3. The number of carbonyl (C=O) groups excluding carboxylic acids is 3. The van der Waals surface area contributed by atoms with Crippen molar-refractivity contribution in [2.45, 2.75) is 80.4 Å². The second-order valence-corrected chi connectivity index (χ2v) is 14.4. The lowest BCUT2D eigenvalue weighted by Gasteiger charge is -2.31. The van der Waals surface area contributed by atoms with Crippen molar-refractivity contribution in [2.75, 3.05) is 19.3 Å².